The predicted octanol–water partition coefficient (Wildman–Crippen LogP) is 3.94. The SMILES string of the molecule is CN(C)S(=O)(=O)c1cc(C(=O)OCC(=O)c2ccc(Cl)cc2Cl)ccc1Cl. The average Bonchev–Trinajstić information content (AvgIpc) is 2.59. The molecule has 0 aliphatic rings. The standard InChI is InChI=1S/C17H14Cl3NO5S/c1-21(2)27(24,25)16-7-10(3-6-13(16)19)17(23)26-9-15(22)12-5-4-11(18)8-14(12)20/h3-8H,9H2,1-2H3. The predicted molar refractivity (Wildman–Crippen MR) is 103 cm³/mol. The van der Waals surface area contributed by atoms with Gasteiger partial charge in [-0.15, -0.1) is 0 Å². The van der Waals surface area contributed by atoms with Crippen molar-refractivity contribution in [3.05, 3.63) is 62.6 Å². The van der Waals surface area contributed by atoms with Crippen molar-refractivity contribution in [1.29, 1.82) is 0 Å². The molecular weight excluding hydrogens is 437 g/mol. The molecule has 0 bridgehead atoms. The second kappa shape index (κ2) is 8.58. The van der Waals surface area contributed by atoms with Gasteiger partial charge in [0.05, 0.1) is 15.6 Å². The van der Waals surface area contributed by atoms with Crippen LogP contribution in [-0.4, -0.2) is 45.2 Å². The smallest absolute Gasteiger partial charge is 0.338 e. The molecule has 0 N–H and O–H groups in total. The summed E-state index contributed by atoms with van der Waals surface area (Å²) >= 11 is 17.6. The van der Waals surface area contributed by atoms with Crippen molar-refractivity contribution in [1.82, 2.24) is 4.31 Å². The van der Waals surface area contributed by atoms with Gasteiger partial charge in [0.15, 0.2) is 6.61 Å². The van der Waals surface area contributed by atoms with Crippen molar-refractivity contribution >= 4 is 56.6 Å². The molecule has 2 rings (SSSR count). The van der Waals surface area contributed by atoms with Crippen molar-refractivity contribution in [3.8, 4) is 0 Å². The van der Waals surface area contributed by atoms with Gasteiger partial charge in [-0.1, -0.05) is 34.8 Å². The van der Waals surface area contributed by atoms with Crippen LogP contribution in [0.25, 0.3) is 0 Å². The maximum atomic E-state index is 12.3. The highest BCUT2D eigenvalue weighted by molar-refractivity contribution is 7.89. The van der Waals surface area contributed by atoms with E-state index in [4.69, 9.17) is 39.5 Å². The van der Waals surface area contributed by atoms with Crippen molar-refractivity contribution in [3.63, 3.8) is 0 Å². The number of halogens is 3. The first-order valence-corrected chi connectivity index (χ1v) is 9.99. The third-order valence-electron chi connectivity index (χ3n) is 3.49. The highest BCUT2D eigenvalue weighted by atomic mass is 35.5. The van der Waals surface area contributed by atoms with E-state index in [1.165, 1.54) is 44.4 Å². The second-order valence-corrected chi connectivity index (χ2v) is 8.93. The van der Waals surface area contributed by atoms with Crippen LogP contribution in [0.2, 0.25) is 15.1 Å². The third-order valence-corrected chi connectivity index (χ3v) is 6.34. The number of hydrogen-bond acceptors (Lipinski definition) is 5. The topological polar surface area (TPSA) is 80.8 Å². The van der Waals surface area contributed by atoms with Crippen LogP contribution < -0.4 is 0 Å². The van der Waals surface area contributed by atoms with E-state index in [1.807, 2.05) is 0 Å². The van der Waals surface area contributed by atoms with E-state index in [1.54, 1.807) is 0 Å². The molecule has 0 aliphatic heterocycles. The summed E-state index contributed by atoms with van der Waals surface area (Å²) in [6, 6.07) is 7.98. The van der Waals surface area contributed by atoms with Gasteiger partial charge < -0.3 is 4.74 Å². The van der Waals surface area contributed by atoms with Gasteiger partial charge in [-0.2, -0.15) is 0 Å². The van der Waals surface area contributed by atoms with Crippen LogP contribution in [-0.2, 0) is 14.8 Å². The minimum Gasteiger partial charge on any atom is -0.454 e. The number of ketones is 1. The molecule has 10 heteroatoms. The zero-order valence-corrected chi connectivity index (χ0v) is 17.3. The number of rotatable bonds is 6. The minimum atomic E-state index is -3.85. The Morgan fingerprint density at radius 3 is 2.26 bits per heavy atom. The summed E-state index contributed by atoms with van der Waals surface area (Å²) in [6.07, 6.45) is 0. The minimum absolute atomic E-state index is 0.0377. The molecule has 0 heterocycles. The molecule has 2 aromatic rings. The third kappa shape index (κ3) is 5.00. The summed E-state index contributed by atoms with van der Waals surface area (Å²) in [5, 5.41) is 0.461. The summed E-state index contributed by atoms with van der Waals surface area (Å²) in [5.74, 6) is -1.40. The Bertz CT molecular complexity index is 1010. The average molecular weight is 451 g/mol. The van der Waals surface area contributed by atoms with Gasteiger partial charge in [0.1, 0.15) is 4.90 Å². The van der Waals surface area contributed by atoms with Gasteiger partial charge in [0.25, 0.3) is 0 Å². The molecular formula is C17H14Cl3NO5S. The number of nitrogens with zero attached hydrogens (tertiary/aromatic N) is 1. The zero-order valence-electron chi connectivity index (χ0n) is 14.2. The molecule has 27 heavy (non-hydrogen) atoms. The Hall–Kier alpha value is -1.64. The largest absolute Gasteiger partial charge is 0.454 e. The van der Waals surface area contributed by atoms with Crippen LogP contribution in [0.15, 0.2) is 41.3 Å². The van der Waals surface area contributed by atoms with E-state index >= 15 is 0 Å². The van der Waals surface area contributed by atoms with E-state index in [0.29, 0.717) is 5.02 Å². The molecule has 0 unspecified atom stereocenters. The van der Waals surface area contributed by atoms with E-state index in [-0.39, 0.29) is 26.1 Å². The van der Waals surface area contributed by atoms with Crippen LogP contribution >= 0.6 is 34.8 Å². The first-order chi connectivity index (χ1) is 12.5. The number of benzene rings is 2. The summed E-state index contributed by atoms with van der Waals surface area (Å²) in [5.41, 5.74) is 0.0932. The Labute approximate surface area is 171 Å². The van der Waals surface area contributed by atoms with Crippen molar-refractivity contribution in [2.24, 2.45) is 0 Å². The van der Waals surface area contributed by atoms with E-state index in [2.05, 4.69) is 0 Å². The van der Waals surface area contributed by atoms with Crippen LogP contribution in [0.4, 0.5) is 0 Å². The van der Waals surface area contributed by atoms with Crippen molar-refractivity contribution in [2.45, 2.75) is 4.90 Å². The number of carbonyl (C=O) groups excluding carboxylic acids is 2. The number of Topliss-reactive ketones (excluding diaryl/α,β-unsaturated/α-hetero) is 1. The fourth-order valence-electron chi connectivity index (χ4n) is 2.03. The van der Waals surface area contributed by atoms with Crippen molar-refractivity contribution < 1.29 is 22.7 Å². The first-order valence-electron chi connectivity index (χ1n) is 7.41. The van der Waals surface area contributed by atoms with Gasteiger partial charge in [-0.05, 0) is 36.4 Å². The lowest BCUT2D eigenvalue weighted by atomic mass is 10.1. The van der Waals surface area contributed by atoms with Gasteiger partial charge in [0, 0.05) is 24.7 Å². The molecule has 0 fully saturated rings. The molecule has 0 saturated carbocycles. The molecule has 0 aromatic heterocycles. The molecule has 2 aromatic carbocycles. The molecule has 144 valence electrons. The summed E-state index contributed by atoms with van der Waals surface area (Å²) in [4.78, 5) is 24.1. The zero-order chi connectivity index (χ0) is 20.4. The number of esters is 1. The van der Waals surface area contributed by atoms with E-state index < -0.39 is 28.4 Å². The highest BCUT2D eigenvalue weighted by Gasteiger charge is 2.23. The lowest BCUT2D eigenvalue weighted by Gasteiger charge is -2.13. The number of sulfonamides is 1. The van der Waals surface area contributed by atoms with E-state index in [9.17, 15) is 18.0 Å². The lowest BCUT2D eigenvalue weighted by Crippen LogP contribution is -2.23. The molecule has 0 radical (unpaired) electrons. The maximum absolute atomic E-state index is 12.3. The normalized spacial score (nSPS) is 11.5. The molecule has 0 atom stereocenters. The quantitative estimate of drug-likeness (QED) is 0.492. The molecule has 0 saturated heterocycles. The Balaban J connectivity index is 2.18. The molecule has 6 nitrogen and oxygen atoms in total. The lowest BCUT2D eigenvalue weighted by molar-refractivity contribution is 0.0474. The van der Waals surface area contributed by atoms with Gasteiger partial charge in [-0.25, -0.2) is 17.5 Å². The molecule has 0 aliphatic carbocycles. The van der Waals surface area contributed by atoms with E-state index in [0.717, 1.165) is 10.4 Å². The summed E-state index contributed by atoms with van der Waals surface area (Å²) in [6.45, 7) is -0.571. The Morgan fingerprint density at radius 2 is 1.67 bits per heavy atom. The second-order valence-electron chi connectivity index (χ2n) is 5.56. The maximum Gasteiger partial charge on any atom is 0.338 e. The number of hydrogen-bond donors (Lipinski definition) is 0. The van der Waals surface area contributed by atoms with Gasteiger partial charge in [0.2, 0.25) is 15.8 Å². The molecule has 0 spiro atoms. The monoisotopic (exact) mass is 449 g/mol. The molecule has 0 amide bonds. The van der Waals surface area contributed by atoms with Crippen molar-refractivity contribution in [2.75, 3.05) is 20.7 Å². The summed E-state index contributed by atoms with van der Waals surface area (Å²) < 4.78 is 30.4. The van der Waals surface area contributed by atoms with Crippen LogP contribution in [0.1, 0.15) is 20.7 Å². The fourth-order valence-corrected chi connectivity index (χ4v) is 3.94. The summed E-state index contributed by atoms with van der Waals surface area (Å²) in [7, 11) is -1.17. The first kappa shape index (κ1) is 21.7. The van der Waals surface area contributed by atoms with Gasteiger partial charge >= 0.3 is 5.97 Å². The number of carbonyl (C=O) groups is 2. The van der Waals surface area contributed by atoms with Crippen LogP contribution in [0.3, 0.4) is 0 Å². The van der Waals surface area contributed by atoms with Gasteiger partial charge in [-0.3, -0.25) is 4.79 Å². The Kier molecular flexibility index (Phi) is 6.88. The Morgan fingerprint density at radius 1 is 1.00 bits per heavy atom. The number of ether oxygens (including phenoxy) is 1. The highest BCUT2D eigenvalue weighted by Crippen LogP contribution is 2.25. The van der Waals surface area contributed by atoms with Crippen LogP contribution in [0.5, 0.6) is 0 Å². The fraction of sp³-hybridized carbons (Fsp3) is 0.176. The van der Waals surface area contributed by atoms with Crippen LogP contribution in [0, 0.1) is 0 Å².